The first kappa shape index (κ1) is 15.8. The standard InChI is InChI=1S/C18H18N4O2/c1-12(18(23)20-14-7-3-2-4-8-14)24-15-9-5-6-13-10-11-16(22-19)21-17(13)15/h2-12H,19H2,1H3,(H,20,23)(H,21,22). The van der Waals surface area contributed by atoms with Crippen LogP contribution >= 0.6 is 0 Å². The molecule has 0 radical (unpaired) electrons. The highest BCUT2D eigenvalue weighted by Gasteiger charge is 2.16. The number of aromatic nitrogens is 1. The zero-order valence-electron chi connectivity index (χ0n) is 13.2. The number of nitrogen functional groups attached to an aromatic ring is 1. The zero-order valence-corrected chi connectivity index (χ0v) is 13.2. The summed E-state index contributed by atoms with van der Waals surface area (Å²) in [7, 11) is 0. The van der Waals surface area contributed by atoms with Gasteiger partial charge in [0, 0.05) is 11.1 Å². The number of rotatable bonds is 5. The molecule has 122 valence electrons. The SMILES string of the molecule is CC(Oc1cccc2ccc(NN)nc12)C(=O)Nc1ccccc1. The Hall–Kier alpha value is -3.12. The lowest BCUT2D eigenvalue weighted by Crippen LogP contribution is -2.30. The van der Waals surface area contributed by atoms with Crippen molar-refractivity contribution in [3.8, 4) is 5.75 Å². The molecule has 24 heavy (non-hydrogen) atoms. The number of hydrogen-bond donors (Lipinski definition) is 3. The lowest BCUT2D eigenvalue weighted by molar-refractivity contribution is -0.122. The van der Waals surface area contributed by atoms with Crippen LogP contribution in [0.1, 0.15) is 6.92 Å². The van der Waals surface area contributed by atoms with E-state index in [4.69, 9.17) is 10.6 Å². The average molecular weight is 322 g/mol. The lowest BCUT2D eigenvalue weighted by Gasteiger charge is -2.16. The molecular formula is C18H18N4O2. The number of carbonyl (C=O) groups excluding carboxylic acids is 1. The van der Waals surface area contributed by atoms with Gasteiger partial charge < -0.3 is 15.5 Å². The number of hydrazine groups is 1. The number of para-hydroxylation sites is 2. The van der Waals surface area contributed by atoms with Crippen molar-refractivity contribution in [1.29, 1.82) is 0 Å². The molecule has 3 rings (SSSR count). The van der Waals surface area contributed by atoms with E-state index >= 15 is 0 Å². The molecule has 0 bridgehead atoms. The zero-order chi connectivity index (χ0) is 16.9. The van der Waals surface area contributed by atoms with Crippen molar-refractivity contribution in [3.63, 3.8) is 0 Å². The number of pyridine rings is 1. The van der Waals surface area contributed by atoms with Crippen molar-refractivity contribution in [3.05, 3.63) is 60.7 Å². The molecule has 1 unspecified atom stereocenters. The molecule has 6 heteroatoms. The first-order chi connectivity index (χ1) is 11.7. The second kappa shape index (κ2) is 6.97. The second-order valence-electron chi connectivity index (χ2n) is 5.28. The Morgan fingerprint density at radius 2 is 1.88 bits per heavy atom. The Morgan fingerprint density at radius 1 is 1.08 bits per heavy atom. The molecule has 0 aliphatic carbocycles. The van der Waals surface area contributed by atoms with Gasteiger partial charge in [0.15, 0.2) is 6.10 Å². The van der Waals surface area contributed by atoms with E-state index in [1.54, 1.807) is 19.1 Å². The molecule has 1 atom stereocenters. The minimum atomic E-state index is -0.674. The molecule has 3 aromatic rings. The summed E-state index contributed by atoms with van der Waals surface area (Å²) in [4.78, 5) is 16.7. The van der Waals surface area contributed by atoms with Crippen LogP contribution in [0.4, 0.5) is 11.5 Å². The monoisotopic (exact) mass is 322 g/mol. The molecule has 0 fully saturated rings. The summed E-state index contributed by atoms with van der Waals surface area (Å²) in [5.74, 6) is 6.23. The Labute approximate surface area is 139 Å². The van der Waals surface area contributed by atoms with Gasteiger partial charge in [-0.25, -0.2) is 10.8 Å². The van der Waals surface area contributed by atoms with Crippen molar-refractivity contribution in [2.24, 2.45) is 5.84 Å². The Bertz CT molecular complexity index is 852. The summed E-state index contributed by atoms with van der Waals surface area (Å²) < 4.78 is 5.82. The van der Waals surface area contributed by atoms with E-state index in [0.717, 1.165) is 11.1 Å². The molecular weight excluding hydrogens is 304 g/mol. The highest BCUT2D eigenvalue weighted by Crippen LogP contribution is 2.26. The van der Waals surface area contributed by atoms with E-state index in [1.165, 1.54) is 0 Å². The van der Waals surface area contributed by atoms with Gasteiger partial charge in [-0.1, -0.05) is 30.3 Å². The summed E-state index contributed by atoms with van der Waals surface area (Å²) in [6.45, 7) is 1.70. The lowest BCUT2D eigenvalue weighted by atomic mass is 10.2. The fourth-order valence-electron chi connectivity index (χ4n) is 2.30. The molecule has 4 N–H and O–H groups in total. The minimum Gasteiger partial charge on any atom is -0.479 e. The fourth-order valence-corrected chi connectivity index (χ4v) is 2.30. The molecule has 1 heterocycles. The maximum atomic E-state index is 12.3. The summed E-state index contributed by atoms with van der Waals surface area (Å²) in [5, 5.41) is 3.72. The van der Waals surface area contributed by atoms with Gasteiger partial charge in [0.05, 0.1) is 0 Å². The van der Waals surface area contributed by atoms with Gasteiger partial charge in [0.2, 0.25) is 0 Å². The number of ether oxygens (including phenoxy) is 1. The smallest absolute Gasteiger partial charge is 0.265 e. The normalized spacial score (nSPS) is 11.8. The van der Waals surface area contributed by atoms with Crippen LogP contribution in [0.15, 0.2) is 60.7 Å². The van der Waals surface area contributed by atoms with Crippen LogP contribution in [0.5, 0.6) is 5.75 Å². The van der Waals surface area contributed by atoms with E-state index in [0.29, 0.717) is 17.1 Å². The van der Waals surface area contributed by atoms with Crippen LogP contribution in [0.2, 0.25) is 0 Å². The molecule has 0 saturated heterocycles. The molecule has 1 amide bonds. The van der Waals surface area contributed by atoms with Crippen molar-refractivity contribution >= 4 is 28.3 Å². The second-order valence-corrected chi connectivity index (χ2v) is 5.28. The molecule has 0 spiro atoms. The van der Waals surface area contributed by atoms with Crippen molar-refractivity contribution in [1.82, 2.24) is 4.98 Å². The number of nitrogens with two attached hydrogens (primary N) is 1. The van der Waals surface area contributed by atoms with Crippen molar-refractivity contribution in [2.75, 3.05) is 10.7 Å². The maximum absolute atomic E-state index is 12.3. The molecule has 1 aromatic heterocycles. The van der Waals surface area contributed by atoms with E-state index in [9.17, 15) is 4.79 Å². The van der Waals surface area contributed by atoms with Crippen LogP contribution in [-0.2, 0) is 4.79 Å². The maximum Gasteiger partial charge on any atom is 0.265 e. The Kier molecular flexibility index (Phi) is 4.58. The van der Waals surface area contributed by atoms with Gasteiger partial charge in [0.1, 0.15) is 17.1 Å². The summed E-state index contributed by atoms with van der Waals surface area (Å²) in [6, 6.07) is 18.5. The van der Waals surface area contributed by atoms with Gasteiger partial charge in [-0.2, -0.15) is 0 Å². The largest absolute Gasteiger partial charge is 0.479 e. The van der Waals surface area contributed by atoms with Gasteiger partial charge in [-0.15, -0.1) is 0 Å². The minimum absolute atomic E-state index is 0.230. The predicted molar refractivity (Wildman–Crippen MR) is 94.7 cm³/mol. The third-order valence-corrected chi connectivity index (χ3v) is 3.55. The van der Waals surface area contributed by atoms with Crippen molar-refractivity contribution in [2.45, 2.75) is 13.0 Å². The van der Waals surface area contributed by atoms with Crippen LogP contribution in [-0.4, -0.2) is 17.0 Å². The number of benzene rings is 2. The number of carbonyl (C=O) groups is 1. The quantitative estimate of drug-likeness (QED) is 0.496. The van der Waals surface area contributed by atoms with E-state index in [-0.39, 0.29) is 5.91 Å². The third kappa shape index (κ3) is 3.44. The summed E-state index contributed by atoms with van der Waals surface area (Å²) >= 11 is 0. The number of hydrogen-bond acceptors (Lipinski definition) is 5. The van der Waals surface area contributed by atoms with Crippen LogP contribution in [0.3, 0.4) is 0 Å². The number of fused-ring (bicyclic) bond motifs is 1. The van der Waals surface area contributed by atoms with E-state index in [2.05, 4.69) is 15.7 Å². The van der Waals surface area contributed by atoms with Gasteiger partial charge in [-0.3, -0.25) is 4.79 Å². The van der Waals surface area contributed by atoms with Gasteiger partial charge in [0.25, 0.3) is 5.91 Å². The highest BCUT2D eigenvalue weighted by molar-refractivity contribution is 5.94. The number of nitrogens with zero attached hydrogens (tertiary/aromatic N) is 1. The van der Waals surface area contributed by atoms with Crippen LogP contribution in [0, 0.1) is 0 Å². The van der Waals surface area contributed by atoms with Crippen LogP contribution < -0.4 is 21.3 Å². The Balaban J connectivity index is 1.79. The molecule has 2 aromatic carbocycles. The topological polar surface area (TPSA) is 89.3 Å². The first-order valence-electron chi connectivity index (χ1n) is 7.56. The van der Waals surface area contributed by atoms with Crippen molar-refractivity contribution < 1.29 is 9.53 Å². The number of amides is 1. The van der Waals surface area contributed by atoms with Crippen LogP contribution in [0.25, 0.3) is 10.9 Å². The average Bonchev–Trinajstić information content (AvgIpc) is 2.62. The Morgan fingerprint density at radius 3 is 2.62 bits per heavy atom. The molecule has 6 nitrogen and oxygen atoms in total. The van der Waals surface area contributed by atoms with Gasteiger partial charge in [-0.05, 0) is 37.3 Å². The molecule has 0 aliphatic heterocycles. The summed E-state index contributed by atoms with van der Waals surface area (Å²) in [6.07, 6.45) is -0.674. The number of anilines is 2. The third-order valence-electron chi connectivity index (χ3n) is 3.55. The van der Waals surface area contributed by atoms with Gasteiger partial charge >= 0.3 is 0 Å². The molecule has 0 saturated carbocycles. The number of nitrogens with one attached hydrogen (secondary N) is 2. The van der Waals surface area contributed by atoms with E-state index in [1.807, 2.05) is 48.5 Å². The first-order valence-corrected chi connectivity index (χ1v) is 7.56. The summed E-state index contributed by atoms with van der Waals surface area (Å²) in [5.41, 5.74) is 3.88. The highest BCUT2D eigenvalue weighted by atomic mass is 16.5. The molecule has 0 aliphatic rings. The predicted octanol–water partition coefficient (Wildman–Crippen LogP) is 2.93. The fraction of sp³-hybridized carbons (Fsp3) is 0.111. The van der Waals surface area contributed by atoms with E-state index < -0.39 is 6.10 Å².